The van der Waals surface area contributed by atoms with Crippen LogP contribution in [0.2, 0.25) is 0 Å². The first-order chi connectivity index (χ1) is 7.67. The van der Waals surface area contributed by atoms with E-state index in [1.165, 1.54) is 6.07 Å². The molecule has 0 heterocycles. The van der Waals surface area contributed by atoms with Crippen LogP contribution in [-0.4, -0.2) is 35.4 Å². The molecular weight excluding hydrogens is 212 g/mol. The monoisotopic (exact) mass is 224 g/mol. The molecule has 0 spiro atoms. The van der Waals surface area contributed by atoms with Crippen molar-refractivity contribution in [3.05, 3.63) is 29.8 Å². The molecule has 0 bridgehead atoms. The smallest absolute Gasteiger partial charge is 0.253 e. The fourth-order valence-corrected chi connectivity index (χ4v) is 1.11. The molecule has 0 unspecified atom stereocenters. The zero-order valence-electron chi connectivity index (χ0n) is 8.43. The molecule has 1 rings (SSSR count). The number of hydrogen-bond donors (Lipinski definition) is 4. The number of rotatable bonds is 4. The molecule has 0 fully saturated rings. The highest BCUT2D eigenvalue weighted by Crippen LogP contribution is 2.10. The minimum Gasteiger partial charge on any atom is -0.387 e. The highest BCUT2D eigenvalue weighted by atomic mass is 16.3. The third-order valence-corrected chi connectivity index (χ3v) is 1.79. The first kappa shape index (κ1) is 12.2. The van der Waals surface area contributed by atoms with Crippen molar-refractivity contribution in [2.24, 2.45) is 0 Å². The second-order valence-electron chi connectivity index (χ2n) is 2.95. The maximum Gasteiger partial charge on any atom is 0.253 e. The Morgan fingerprint density at radius 3 is 2.62 bits per heavy atom. The van der Waals surface area contributed by atoms with E-state index in [1.807, 2.05) is 0 Å². The van der Waals surface area contributed by atoms with Crippen LogP contribution in [0.5, 0.6) is 0 Å². The van der Waals surface area contributed by atoms with Crippen molar-refractivity contribution in [3.8, 4) is 0 Å². The van der Waals surface area contributed by atoms with Gasteiger partial charge >= 0.3 is 0 Å². The molecule has 0 saturated carbocycles. The lowest BCUT2D eigenvalue weighted by Crippen LogP contribution is -2.24. The van der Waals surface area contributed by atoms with Gasteiger partial charge in [0.05, 0.1) is 0 Å². The number of carbonyl (C=O) groups excluding carboxylic acids is 2. The highest BCUT2D eigenvalue weighted by Gasteiger charge is 2.06. The first-order valence-corrected chi connectivity index (χ1v) is 4.57. The van der Waals surface area contributed by atoms with Gasteiger partial charge in [0.15, 0.2) is 0 Å². The van der Waals surface area contributed by atoms with Gasteiger partial charge in [-0.2, -0.15) is 0 Å². The molecular formula is C10H12N2O4. The van der Waals surface area contributed by atoms with Crippen molar-refractivity contribution in [3.63, 3.8) is 0 Å². The topological polar surface area (TPSA) is 98.7 Å². The van der Waals surface area contributed by atoms with E-state index in [4.69, 9.17) is 10.2 Å². The second kappa shape index (κ2) is 5.84. The van der Waals surface area contributed by atoms with Gasteiger partial charge in [0, 0.05) is 11.3 Å². The van der Waals surface area contributed by atoms with Crippen molar-refractivity contribution in [1.82, 2.24) is 5.32 Å². The zero-order valence-corrected chi connectivity index (χ0v) is 8.43. The van der Waals surface area contributed by atoms with Crippen LogP contribution in [0, 0.1) is 0 Å². The number of anilines is 1. The number of carbonyl (C=O) groups is 2. The average molecular weight is 224 g/mol. The lowest BCUT2D eigenvalue weighted by molar-refractivity contribution is -0.118. The molecule has 86 valence electrons. The Morgan fingerprint density at radius 1 is 1.25 bits per heavy atom. The summed E-state index contributed by atoms with van der Waals surface area (Å²) in [5, 5.41) is 21.7. The second-order valence-corrected chi connectivity index (χ2v) is 2.95. The minimum atomic E-state index is -0.618. The third-order valence-electron chi connectivity index (χ3n) is 1.79. The Kier molecular flexibility index (Phi) is 4.43. The van der Waals surface area contributed by atoms with Gasteiger partial charge in [0.25, 0.3) is 5.91 Å². The Labute approximate surface area is 91.9 Å². The Hall–Kier alpha value is -1.92. The van der Waals surface area contributed by atoms with Crippen LogP contribution in [0.1, 0.15) is 10.4 Å². The van der Waals surface area contributed by atoms with E-state index in [9.17, 15) is 9.59 Å². The lowest BCUT2D eigenvalue weighted by atomic mass is 10.2. The summed E-state index contributed by atoms with van der Waals surface area (Å²) in [6.07, 6.45) is 0. The van der Waals surface area contributed by atoms with Gasteiger partial charge in [-0.25, -0.2) is 0 Å². The third kappa shape index (κ3) is 3.34. The molecule has 0 aliphatic heterocycles. The van der Waals surface area contributed by atoms with Gasteiger partial charge < -0.3 is 20.8 Å². The van der Waals surface area contributed by atoms with E-state index in [0.29, 0.717) is 11.3 Å². The fraction of sp³-hybridized carbons (Fsp3) is 0.200. The normalized spacial score (nSPS) is 9.62. The summed E-state index contributed by atoms with van der Waals surface area (Å²) in [6, 6.07) is 6.15. The Morgan fingerprint density at radius 2 is 2.00 bits per heavy atom. The summed E-state index contributed by atoms with van der Waals surface area (Å²) in [7, 11) is 0. The largest absolute Gasteiger partial charge is 0.387 e. The standard InChI is InChI=1S/C10H12N2O4/c13-5-9(15)12-8-3-1-2-7(4-8)10(16)11-6-14/h1-4,13-14H,5-6H2,(H,11,16)(H,12,15). The molecule has 4 N–H and O–H groups in total. The minimum absolute atomic E-state index is 0.310. The van der Waals surface area contributed by atoms with Crippen LogP contribution < -0.4 is 10.6 Å². The van der Waals surface area contributed by atoms with Crippen LogP contribution in [0.25, 0.3) is 0 Å². The SMILES string of the molecule is O=C(CO)Nc1cccc(C(=O)NCO)c1. The van der Waals surface area contributed by atoms with Crippen molar-refractivity contribution in [2.45, 2.75) is 0 Å². The Bertz CT molecular complexity index is 392. The molecule has 6 heteroatoms. The van der Waals surface area contributed by atoms with E-state index in [-0.39, 0.29) is 0 Å². The van der Waals surface area contributed by atoms with Crippen LogP contribution in [0.3, 0.4) is 0 Å². The molecule has 0 atom stereocenters. The zero-order chi connectivity index (χ0) is 12.0. The van der Waals surface area contributed by atoms with Crippen molar-refractivity contribution in [2.75, 3.05) is 18.7 Å². The highest BCUT2D eigenvalue weighted by molar-refractivity contribution is 5.97. The van der Waals surface area contributed by atoms with E-state index in [1.54, 1.807) is 18.2 Å². The van der Waals surface area contributed by atoms with Crippen LogP contribution in [0.15, 0.2) is 24.3 Å². The van der Waals surface area contributed by atoms with Gasteiger partial charge in [-0.05, 0) is 18.2 Å². The lowest BCUT2D eigenvalue weighted by Gasteiger charge is -2.05. The average Bonchev–Trinajstić information content (AvgIpc) is 2.29. The number of nitrogens with one attached hydrogen (secondary N) is 2. The maximum absolute atomic E-state index is 11.3. The number of hydrogen-bond acceptors (Lipinski definition) is 4. The first-order valence-electron chi connectivity index (χ1n) is 4.57. The van der Waals surface area contributed by atoms with Gasteiger partial charge in [-0.15, -0.1) is 0 Å². The quantitative estimate of drug-likeness (QED) is 0.508. The number of aliphatic hydroxyl groups is 2. The van der Waals surface area contributed by atoms with E-state index < -0.39 is 25.2 Å². The van der Waals surface area contributed by atoms with Crippen LogP contribution in [-0.2, 0) is 4.79 Å². The number of amides is 2. The van der Waals surface area contributed by atoms with E-state index in [2.05, 4.69) is 10.6 Å². The van der Waals surface area contributed by atoms with Gasteiger partial charge in [-0.1, -0.05) is 6.07 Å². The molecule has 0 aliphatic rings. The summed E-state index contributed by atoms with van der Waals surface area (Å²) in [6.45, 7) is -1.07. The summed E-state index contributed by atoms with van der Waals surface area (Å²) in [5.74, 6) is -0.998. The molecule has 16 heavy (non-hydrogen) atoms. The predicted molar refractivity (Wildman–Crippen MR) is 56.7 cm³/mol. The summed E-state index contributed by atoms with van der Waals surface area (Å²) in [5.41, 5.74) is 0.717. The molecule has 0 radical (unpaired) electrons. The molecule has 0 saturated heterocycles. The number of aliphatic hydroxyl groups excluding tert-OH is 2. The van der Waals surface area contributed by atoms with E-state index in [0.717, 1.165) is 0 Å². The van der Waals surface area contributed by atoms with Crippen LogP contribution >= 0.6 is 0 Å². The van der Waals surface area contributed by atoms with Crippen molar-refractivity contribution in [1.29, 1.82) is 0 Å². The molecule has 1 aromatic rings. The Balaban J connectivity index is 2.78. The summed E-state index contributed by atoms with van der Waals surface area (Å²) < 4.78 is 0. The van der Waals surface area contributed by atoms with Gasteiger partial charge in [0.2, 0.25) is 5.91 Å². The maximum atomic E-state index is 11.3. The molecule has 6 nitrogen and oxygen atoms in total. The molecule has 1 aromatic carbocycles. The molecule has 2 amide bonds. The molecule has 0 aromatic heterocycles. The van der Waals surface area contributed by atoms with Crippen molar-refractivity contribution < 1.29 is 19.8 Å². The van der Waals surface area contributed by atoms with E-state index >= 15 is 0 Å². The fourth-order valence-electron chi connectivity index (χ4n) is 1.11. The van der Waals surface area contributed by atoms with Gasteiger partial charge in [-0.3, -0.25) is 9.59 Å². The molecule has 0 aliphatic carbocycles. The van der Waals surface area contributed by atoms with Gasteiger partial charge in [0.1, 0.15) is 13.3 Å². The number of benzene rings is 1. The van der Waals surface area contributed by atoms with Crippen molar-refractivity contribution >= 4 is 17.5 Å². The van der Waals surface area contributed by atoms with Crippen LogP contribution in [0.4, 0.5) is 5.69 Å². The summed E-state index contributed by atoms with van der Waals surface area (Å²) in [4.78, 5) is 22.2. The summed E-state index contributed by atoms with van der Waals surface area (Å²) >= 11 is 0. The predicted octanol–water partition coefficient (Wildman–Crippen LogP) is -0.703.